The van der Waals surface area contributed by atoms with Crippen LogP contribution in [0.2, 0.25) is 0 Å². The summed E-state index contributed by atoms with van der Waals surface area (Å²) in [5.74, 6) is -0.0278. The van der Waals surface area contributed by atoms with Crippen LogP contribution in [0.4, 0.5) is 5.69 Å². The van der Waals surface area contributed by atoms with Gasteiger partial charge >= 0.3 is 0 Å². The number of nitrogens with two attached hydrogens (primary N) is 1. The maximum atomic E-state index is 11.8. The summed E-state index contributed by atoms with van der Waals surface area (Å²) in [5, 5.41) is 0. The molecular weight excluding hydrogens is 252 g/mol. The zero-order valence-corrected chi connectivity index (χ0v) is 10.9. The molecular formula is C12H18N2O3S. The Morgan fingerprint density at radius 3 is 2.67 bits per heavy atom. The van der Waals surface area contributed by atoms with Crippen LogP contribution in [-0.4, -0.2) is 27.7 Å². The molecule has 1 heterocycles. The topological polar surface area (TPSA) is 81.4 Å². The van der Waals surface area contributed by atoms with Crippen molar-refractivity contribution in [1.82, 2.24) is 4.72 Å². The third kappa shape index (κ3) is 3.97. The van der Waals surface area contributed by atoms with Crippen LogP contribution >= 0.6 is 0 Å². The molecule has 100 valence electrons. The van der Waals surface area contributed by atoms with Gasteiger partial charge in [-0.25, -0.2) is 13.1 Å². The van der Waals surface area contributed by atoms with Crippen LogP contribution in [0, 0.1) is 0 Å². The third-order valence-corrected chi connectivity index (χ3v) is 4.21. The van der Waals surface area contributed by atoms with Gasteiger partial charge in [0.15, 0.2) is 0 Å². The SMILES string of the molecule is Nc1ccc(CS(=O)(=O)NCC2CCCO2)cc1. The summed E-state index contributed by atoms with van der Waals surface area (Å²) in [6.45, 7) is 1.08. The molecule has 1 aromatic carbocycles. The van der Waals surface area contributed by atoms with E-state index in [9.17, 15) is 8.42 Å². The monoisotopic (exact) mass is 270 g/mol. The number of rotatable bonds is 5. The number of anilines is 1. The first-order valence-electron chi connectivity index (χ1n) is 5.98. The van der Waals surface area contributed by atoms with Gasteiger partial charge in [0, 0.05) is 18.8 Å². The summed E-state index contributed by atoms with van der Waals surface area (Å²) in [6.07, 6.45) is 1.94. The van der Waals surface area contributed by atoms with Gasteiger partial charge in [0.05, 0.1) is 11.9 Å². The minimum Gasteiger partial charge on any atom is -0.399 e. The quantitative estimate of drug-likeness (QED) is 0.778. The van der Waals surface area contributed by atoms with Crippen molar-refractivity contribution in [1.29, 1.82) is 0 Å². The smallest absolute Gasteiger partial charge is 0.215 e. The number of hydrogen-bond acceptors (Lipinski definition) is 4. The molecule has 1 aliphatic heterocycles. The molecule has 0 saturated carbocycles. The highest BCUT2D eigenvalue weighted by molar-refractivity contribution is 7.88. The summed E-state index contributed by atoms with van der Waals surface area (Å²) in [4.78, 5) is 0. The minimum absolute atomic E-state index is 0.0196. The fraction of sp³-hybridized carbons (Fsp3) is 0.500. The van der Waals surface area contributed by atoms with Gasteiger partial charge in [-0.05, 0) is 30.5 Å². The fourth-order valence-corrected chi connectivity index (χ4v) is 3.08. The average Bonchev–Trinajstić information content (AvgIpc) is 2.83. The lowest BCUT2D eigenvalue weighted by Crippen LogP contribution is -2.32. The van der Waals surface area contributed by atoms with E-state index >= 15 is 0 Å². The van der Waals surface area contributed by atoms with Gasteiger partial charge in [0.2, 0.25) is 10.0 Å². The average molecular weight is 270 g/mol. The van der Waals surface area contributed by atoms with Crippen molar-refractivity contribution in [2.45, 2.75) is 24.7 Å². The van der Waals surface area contributed by atoms with E-state index in [0.717, 1.165) is 25.0 Å². The van der Waals surface area contributed by atoms with Crippen LogP contribution in [0.5, 0.6) is 0 Å². The van der Waals surface area contributed by atoms with Crippen LogP contribution in [-0.2, 0) is 20.5 Å². The predicted octanol–water partition coefficient (Wildman–Crippen LogP) is 0.867. The number of sulfonamides is 1. The highest BCUT2D eigenvalue weighted by atomic mass is 32.2. The van der Waals surface area contributed by atoms with E-state index in [1.165, 1.54) is 0 Å². The lowest BCUT2D eigenvalue weighted by molar-refractivity contribution is 0.114. The van der Waals surface area contributed by atoms with E-state index in [2.05, 4.69) is 4.72 Å². The van der Waals surface area contributed by atoms with Crippen molar-refractivity contribution >= 4 is 15.7 Å². The van der Waals surface area contributed by atoms with Crippen molar-refractivity contribution in [2.75, 3.05) is 18.9 Å². The molecule has 6 heteroatoms. The van der Waals surface area contributed by atoms with E-state index in [1.54, 1.807) is 24.3 Å². The van der Waals surface area contributed by atoms with Crippen LogP contribution in [0.3, 0.4) is 0 Å². The predicted molar refractivity (Wildman–Crippen MR) is 70.5 cm³/mol. The van der Waals surface area contributed by atoms with Crippen molar-refractivity contribution in [3.05, 3.63) is 29.8 Å². The molecule has 0 radical (unpaired) electrons. The van der Waals surface area contributed by atoms with E-state index in [0.29, 0.717) is 12.2 Å². The Morgan fingerprint density at radius 1 is 1.33 bits per heavy atom. The lowest BCUT2D eigenvalue weighted by atomic mass is 10.2. The maximum absolute atomic E-state index is 11.8. The second-order valence-corrected chi connectivity index (χ2v) is 6.29. The minimum atomic E-state index is -3.31. The van der Waals surface area contributed by atoms with E-state index in [-0.39, 0.29) is 11.9 Å². The van der Waals surface area contributed by atoms with Crippen molar-refractivity contribution < 1.29 is 13.2 Å². The summed E-state index contributed by atoms with van der Waals surface area (Å²) in [7, 11) is -3.31. The zero-order valence-electron chi connectivity index (χ0n) is 10.1. The number of ether oxygens (including phenoxy) is 1. The van der Waals surface area contributed by atoms with Crippen molar-refractivity contribution in [2.24, 2.45) is 0 Å². The van der Waals surface area contributed by atoms with Crippen LogP contribution in [0.25, 0.3) is 0 Å². The van der Waals surface area contributed by atoms with E-state index in [1.807, 2.05) is 0 Å². The summed E-state index contributed by atoms with van der Waals surface area (Å²) < 4.78 is 31.6. The van der Waals surface area contributed by atoms with E-state index in [4.69, 9.17) is 10.5 Å². The molecule has 0 bridgehead atoms. The second kappa shape index (κ2) is 5.69. The molecule has 5 nitrogen and oxygen atoms in total. The normalized spacial score (nSPS) is 20.1. The van der Waals surface area contributed by atoms with E-state index < -0.39 is 10.0 Å². The Morgan fingerprint density at radius 2 is 2.06 bits per heavy atom. The van der Waals surface area contributed by atoms with Crippen molar-refractivity contribution in [3.8, 4) is 0 Å². The summed E-state index contributed by atoms with van der Waals surface area (Å²) in [6, 6.07) is 6.84. The molecule has 2 rings (SSSR count). The molecule has 1 fully saturated rings. The van der Waals surface area contributed by atoms with Gasteiger partial charge < -0.3 is 10.5 Å². The van der Waals surface area contributed by atoms with Gasteiger partial charge in [-0.1, -0.05) is 12.1 Å². The Balaban J connectivity index is 1.88. The number of nitrogens with one attached hydrogen (secondary N) is 1. The van der Waals surface area contributed by atoms with Gasteiger partial charge in [0.1, 0.15) is 0 Å². The Kier molecular flexibility index (Phi) is 4.21. The molecule has 0 amide bonds. The first kappa shape index (κ1) is 13.3. The molecule has 0 spiro atoms. The highest BCUT2D eigenvalue weighted by Gasteiger charge is 2.19. The first-order chi connectivity index (χ1) is 8.55. The molecule has 1 aromatic rings. The Bertz CT molecular complexity index is 479. The van der Waals surface area contributed by atoms with Crippen LogP contribution in [0.15, 0.2) is 24.3 Å². The van der Waals surface area contributed by atoms with Crippen molar-refractivity contribution in [3.63, 3.8) is 0 Å². The summed E-state index contributed by atoms with van der Waals surface area (Å²) in [5.41, 5.74) is 6.90. The molecule has 0 aliphatic carbocycles. The molecule has 1 unspecified atom stereocenters. The Hall–Kier alpha value is -1.11. The largest absolute Gasteiger partial charge is 0.399 e. The number of hydrogen-bond donors (Lipinski definition) is 2. The molecule has 18 heavy (non-hydrogen) atoms. The fourth-order valence-electron chi connectivity index (χ4n) is 1.91. The third-order valence-electron chi connectivity index (χ3n) is 2.89. The molecule has 3 N–H and O–H groups in total. The standard InChI is InChI=1S/C12H18N2O3S/c13-11-5-3-10(4-6-11)9-18(15,16)14-8-12-2-1-7-17-12/h3-6,12,14H,1-2,7-9,13H2. The highest BCUT2D eigenvalue weighted by Crippen LogP contribution is 2.12. The van der Waals surface area contributed by atoms with Gasteiger partial charge in [-0.2, -0.15) is 0 Å². The van der Waals surface area contributed by atoms with Crippen LogP contribution < -0.4 is 10.5 Å². The molecule has 1 saturated heterocycles. The second-order valence-electron chi connectivity index (χ2n) is 4.48. The van der Waals surface area contributed by atoms with Gasteiger partial charge in [-0.3, -0.25) is 0 Å². The molecule has 0 aromatic heterocycles. The molecule has 1 atom stereocenters. The molecule has 1 aliphatic rings. The number of benzene rings is 1. The maximum Gasteiger partial charge on any atom is 0.215 e. The first-order valence-corrected chi connectivity index (χ1v) is 7.64. The van der Waals surface area contributed by atoms with Crippen LogP contribution in [0.1, 0.15) is 18.4 Å². The van der Waals surface area contributed by atoms with Gasteiger partial charge in [-0.15, -0.1) is 0 Å². The zero-order chi connectivity index (χ0) is 13.0. The Labute approximate surface area is 107 Å². The summed E-state index contributed by atoms with van der Waals surface area (Å²) >= 11 is 0. The lowest BCUT2D eigenvalue weighted by Gasteiger charge is -2.11. The number of nitrogen functional groups attached to an aromatic ring is 1. The van der Waals surface area contributed by atoms with Gasteiger partial charge in [0.25, 0.3) is 0 Å².